The molecule has 0 spiro atoms. The van der Waals surface area contributed by atoms with Crippen LogP contribution in [0.3, 0.4) is 0 Å². The summed E-state index contributed by atoms with van der Waals surface area (Å²) in [6.07, 6.45) is 0.897. The standard InChI is InChI=1S/C24H24Br2N4O6/c1-13(2)36-20(31)12-35-21-14(8-16(26)10-19(21)30(33)34)11-27-29-22(32)17-9-15(25)6-7-18(17)28-23(29)24(3,4)5/h6-11,13H,12H2,1-5H3. The van der Waals surface area contributed by atoms with Crippen molar-refractivity contribution in [2.24, 2.45) is 5.10 Å². The normalized spacial score (nSPS) is 11.9. The first-order chi connectivity index (χ1) is 16.8. The number of aromatic nitrogens is 2. The number of nitrogens with zero attached hydrogens (tertiary/aromatic N) is 4. The Labute approximate surface area is 223 Å². The van der Waals surface area contributed by atoms with Crippen molar-refractivity contribution in [1.29, 1.82) is 0 Å². The summed E-state index contributed by atoms with van der Waals surface area (Å²) in [6.45, 7) is 8.50. The van der Waals surface area contributed by atoms with Gasteiger partial charge in [-0.05, 0) is 38.1 Å². The van der Waals surface area contributed by atoms with Crippen molar-refractivity contribution < 1.29 is 19.2 Å². The van der Waals surface area contributed by atoms with Crippen LogP contribution in [0.4, 0.5) is 5.69 Å². The fraction of sp³-hybridized carbons (Fsp3) is 0.333. The fourth-order valence-electron chi connectivity index (χ4n) is 3.28. The van der Waals surface area contributed by atoms with Gasteiger partial charge in [0.1, 0.15) is 5.82 Å². The number of halogens is 2. The third-order valence-electron chi connectivity index (χ3n) is 4.75. The molecule has 0 aliphatic heterocycles. The van der Waals surface area contributed by atoms with Crippen LogP contribution in [0.2, 0.25) is 0 Å². The number of nitro groups is 1. The van der Waals surface area contributed by atoms with E-state index >= 15 is 0 Å². The Morgan fingerprint density at radius 2 is 1.92 bits per heavy atom. The van der Waals surface area contributed by atoms with Crippen LogP contribution in [0.15, 0.2) is 49.2 Å². The molecular weight excluding hydrogens is 600 g/mol. The summed E-state index contributed by atoms with van der Waals surface area (Å²) < 4.78 is 12.8. The Morgan fingerprint density at radius 3 is 2.53 bits per heavy atom. The predicted octanol–water partition coefficient (Wildman–Crippen LogP) is 5.34. The molecule has 1 heterocycles. The maximum absolute atomic E-state index is 13.4. The summed E-state index contributed by atoms with van der Waals surface area (Å²) in [5.74, 6) is -0.471. The maximum atomic E-state index is 13.4. The molecule has 0 radical (unpaired) electrons. The average Bonchev–Trinajstić information content (AvgIpc) is 2.76. The zero-order chi connectivity index (χ0) is 26.8. The highest BCUT2D eigenvalue weighted by atomic mass is 79.9. The van der Waals surface area contributed by atoms with Crippen LogP contribution >= 0.6 is 31.9 Å². The van der Waals surface area contributed by atoms with Crippen molar-refractivity contribution in [3.63, 3.8) is 0 Å². The molecule has 1 aromatic heterocycles. The van der Waals surface area contributed by atoms with Crippen LogP contribution in [-0.4, -0.2) is 39.5 Å². The number of hydrogen-bond acceptors (Lipinski definition) is 8. The van der Waals surface area contributed by atoms with E-state index < -0.39 is 28.5 Å². The Bertz CT molecular complexity index is 1430. The molecule has 190 valence electrons. The lowest BCUT2D eigenvalue weighted by Crippen LogP contribution is -2.29. The van der Waals surface area contributed by atoms with Gasteiger partial charge in [-0.1, -0.05) is 52.6 Å². The molecule has 36 heavy (non-hydrogen) atoms. The van der Waals surface area contributed by atoms with Crippen LogP contribution in [0.25, 0.3) is 10.9 Å². The first-order valence-corrected chi connectivity index (χ1v) is 12.4. The molecule has 12 heteroatoms. The van der Waals surface area contributed by atoms with Crippen LogP contribution in [0, 0.1) is 10.1 Å². The first-order valence-electron chi connectivity index (χ1n) is 10.8. The molecule has 0 amide bonds. The topological polar surface area (TPSA) is 126 Å². The number of fused-ring (bicyclic) bond motifs is 1. The largest absolute Gasteiger partial charge is 0.474 e. The zero-order valence-electron chi connectivity index (χ0n) is 20.2. The third-order valence-corrected chi connectivity index (χ3v) is 5.70. The van der Waals surface area contributed by atoms with Gasteiger partial charge in [-0.25, -0.2) is 9.78 Å². The van der Waals surface area contributed by atoms with Crippen LogP contribution < -0.4 is 10.3 Å². The minimum absolute atomic E-state index is 0.175. The summed E-state index contributed by atoms with van der Waals surface area (Å²) in [5, 5.41) is 16.4. The number of hydrogen-bond donors (Lipinski definition) is 0. The molecule has 0 unspecified atom stereocenters. The van der Waals surface area contributed by atoms with E-state index in [0.29, 0.717) is 25.7 Å². The van der Waals surface area contributed by atoms with Gasteiger partial charge in [0.25, 0.3) is 5.56 Å². The van der Waals surface area contributed by atoms with Gasteiger partial charge in [-0.2, -0.15) is 9.78 Å². The van der Waals surface area contributed by atoms with E-state index in [-0.39, 0.29) is 23.1 Å². The van der Waals surface area contributed by atoms with Gasteiger partial charge in [-0.3, -0.25) is 14.9 Å². The highest BCUT2D eigenvalue weighted by molar-refractivity contribution is 9.10. The molecule has 0 atom stereocenters. The second-order valence-electron chi connectivity index (χ2n) is 9.14. The molecular formula is C24H24Br2N4O6. The van der Waals surface area contributed by atoms with E-state index in [9.17, 15) is 19.7 Å². The molecule has 10 nitrogen and oxygen atoms in total. The lowest BCUT2D eigenvalue weighted by Gasteiger charge is -2.21. The SMILES string of the molecule is CC(C)OC(=O)COc1c(C=Nn2c(C(C)(C)C)nc3ccc(Br)cc3c2=O)cc(Br)cc1[N+](=O)[O-]. The summed E-state index contributed by atoms with van der Waals surface area (Å²) >= 11 is 6.63. The summed E-state index contributed by atoms with van der Waals surface area (Å²) in [5.41, 5.74) is -0.650. The predicted molar refractivity (Wildman–Crippen MR) is 143 cm³/mol. The summed E-state index contributed by atoms with van der Waals surface area (Å²) in [4.78, 5) is 41.1. The number of nitro benzene ring substituents is 1. The molecule has 0 N–H and O–H groups in total. The Hall–Kier alpha value is -3.12. The van der Waals surface area contributed by atoms with Crippen LogP contribution in [0.5, 0.6) is 5.75 Å². The van der Waals surface area contributed by atoms with E-state index in [1.54, 1.807) is 32.0 Å². The van der Waals surface area contributed by atoms with Crippen molar-refractivity contribution in [3.05, 3.63) is 71.1 Å². The van der Waals surface area contributed by atoms with E-state index in [4.69, 9.17) is 9.47 Å². The van der Waals surface area contributed by atoms with E-state index in [1.807, 2.05) is 20.8 Å². The van der Waals surface area contributed by atoms with Crippen molar-refractivity contribution in [2.45, 2.75) is 46.1 Å². The van der Waals surface area contributed by atoms with Gasteiger partial charge in [0.05, 0.1) is 28.1 Å². The molecule has 0 aliphatic rings. The Kier molecular flexibility index (Phi) is 8.29. The highest BCUT2D eigenvalue weighted by Crippen LogP contribution is 2.34. The molecule has 2 aromatic carbocycles. The number of carbonyl (C=O) groups is 1. The third kappa shape index (κ3) is 6.35. The monoisotopic (exact) mass is 622 g/mol. The maximum Gasteiger partial charge on any atom is 0.344 e. The smallest absolute Gasteiger partial charge is 0.344 e. The van der Waals surface area contributed by atoms with Gasteiger partial charge in [0, 0.05) is 26.0 Å². The van der Waals surface area contributed by atoms with Gasteiger partial charge < -0.3 is 9.47 Å². The van der Waals surface area contributed by atoms with Gasteiger partial charge in [0.2, 0.25) is 5.75 Å². The first kappa shape index (κ1) is 27.5. The molecule has 3 rings (SSSR count). The summed E-state index contributed by atoms with van der Waals surface area (Å²) in [7, 11) is 0. The second kappa shape index (κ2) is 10.9. The van der Waals surface area contributed by atoms with Crippen molar-refractivity contribution >= 4 is 60.6 Å². The Morgan fingerprint density at radius 1 is 1.22 bits per heavy atom. The van der Waals surface area contributed by atoms with Gasteiger partial charge in [0.15, 0.2) is 6.61 Å². The van der Waals surface area contributed by atoms with Gasteiger partial charge >= 0.3 is 11.7 Å². The van der Waals surface area contributed by atoms with Crippen LogP contribution in [0.1, 0.15) is 46.0 Å². The molecule has 0 bridgehead atoms. The minimum Gasteiger partial charge on any atom is -0.474 e. The zero-order valence-corrected chi connectivity index (χ0v) is 23.4. The number of ether oxygens (including phenoxy) is 2. The van der Waals surface area contributed by atoms with Crippen LogP contribution in [-0.2, 0) is 14.9 Å². The minimum atomic E-state index is -0.680. The lowest BCUT2D eigenvalue weighted by atomic mass is 9.95. The number of rotatable bonds is 7. The number of benzene rings is 2. The number of esters is 1. The van der Waals surface area contributed by atoms with Crippen molar-refractivity contribution in [2.75, 3.05) is 6.61 Å². The lowest BCUT2D eigenvalue weighted by molar-refractivity contribution is -0.385. The van der Waals surface area contributed by atoms with Gasteiger partial charge in [-0.15, -0.1) is 0 Å². The molecule has 0 saturated carbocycles. The average molecular weight is 624 g/mol. The van der Waals surface area contributed by atoms with E-state index in [1.165, 1.54) is 18.3 Å². The number of carbonyl (C=O) groups excluding carboxylic acids is 1. The quantitative estimate of drug-likeness (QED) is 0.150. The summed E-state index contributed by atoms with van der Waals surface area (Å²) in [6, 6.07) is 7.98. The van der Waals surface area contributed by atoms with E-state index in [2.05, 4.69) is 41.9 Å². The van der Waals surface area contributed by atoms with Crippen molar-refractivity contribution in [1.82, 2.24) is 9.66 Å². The molecule has 0 saturated heterocycles. The second-order valence-corrected chi connectivity index (χ2v) is 11.0. The Balaban J connectivity index is 2.17. The molecule has 3 aromatic rings. The van der Waals surface area contributed by atoms with Crippen molar-refractivity contribution in [3.8, 4) is 5.75 Å². The molecule has 0 aliphatic carbocycles. The highest BCUT2D eigenvalue weighted by Gasteiger charge is 2.24. The fourth-order valence-corrected chi connectivity index (χ4v) is 4.10. The molecule has 0 fully saturated rings. The van der Waals surface area contributed by atoms with E-state index in [0.717, 1.165) is 4.68 Å².